The Balaban J connectivity index is 1.55. The van der Waals surface area contributed by atoms with E-state index in [1.165, 1.54) is 44.9 Å². The summed E-state index contributed by atoms with van der Waals surface area (Å²) in [6, 6.07) is 5.43. The van der Waals surface area contributed by atoms with Crippen molar-refractivity contribution < 1.29 is 0 Å². The molecule has 0 saturated heterocycles. The van der Waals surface area contributed by atoms with Gasteiger partial charge >= 0.3 is 0 Å². The van der Waals surface area contributed by atoms with Crippen molar-refractivity contribution in [1.29, 1.82) is 0 Å². The van der Waals surface area contributed by atoms with Crippen LogP contribution in [0.25, 0.3) is 0 Å². The fourth-order valence-corrected chi connectivity index (χ4v) is 3.81. The second kappa shape index (κ2) is 11.8. The van der Waals surface area contributed by atoms with Crippen molar-refractivity contribution in [2.75, 3.05) is 20.1 Å². The molecule has 0 spiro atoms. The standard InChI is InChI=1S/C21H36N4O/c1-18-10-8-14-20(26)25(18)17-7-6-15-23-21(22-2)24-16-9-13-19-11-4-3-5-12-19/h8,10,14,19H,3-7,9,11-13,15-17H2,1-2H3,(H2,22,23,24). The average molecular weight is 361 g/mol. The van der Waals surface area contributed by atoms with Gasteiger partial charge in [0.15, 0.2) is 5.96 Å². The first-order valence-corrected chi connectivity index (χ1v) is 10.3. The predicted molar refractivity (Wildman–Crippen MR) is 110 cm³/mol. The molecule has 26 heavy (non-hydrogen) atoms. The molecule has 0 aromatic carbocycles. The van der Waals surface area contributed by atoms with E-state index in [-0.39, 0.29) is 5.56 Å². The van der Waals surface area contributed by atoms with Gasteiger partial charge in [0.25, 0.3) is 5.56 Å². The lowest BCUT2D eigenvalue weighted by Crippen LogP contribution is -2.38. The summed E-state index contributed by atoms with van der Waals surface area (Å²) in [5, 5.41) is 6.79. The average Bonchev–Trinajstić information content (AvgIpc) is 2.66. The number of guanidine groups is 1. The van der Waals surface area contributed by atoms with Gasteiger partial charge in [-0.25, -0.2) is 0 Å². The molecule has 0 atom stereocenters. The maximum Gasteiger partial charge on any atom is 0.250 e. The van der Waals surface area contributed by atoms with E-state index in [0.29, 0.717) is 0 Å². The highest BCUT2D eigenvalue weighted by Crippen LogP contribution is 2.26. The third-order valence-electron chi connectivity index (χ3n) is 5.40. The van der Waals surface area contributed by atoms with Crippen molar-refractivity contribution in [2.24, 2.45) is 10.9 Å². The van der Waals surface area contributed by atoms with Gasteiger partial charge in [-0.2, -0.15) is 0 Å². The number of nitrogens with one attached hydrogen (secondary N) is 2. The molecule has 5 heteroatoms. The first-order valence-electron chi connectivity index (χ1n) is 10.3. The molecular weight excluding hydrogens is 324 g/mol. The fraction of sp³-hybridized carbons (Fsp3) is 0.714. The van der Waals surface area contributed by atoms with Crippen molar-refractivity contribution >= 4 is 5.96 Å². The summed E-state index contributed by atoms with van der Waals surface area (Å²) in [7, 11) is 1.82. The molecule has 1 heterocycles. The summed E-state index contributed by atoms with van der Waals surface area (Å²) in [6.45, 7) is 4.64. The van der Waals surface area contributed by atoms with Crippen LogP contribution in [-0.2, 0) is 6.54 Å². The molecule has 1 aromatic heterocycles. The van der Waals surface area contributed by atoms with Crippen LogP contribution >= 0.6 is 0 Å². The quantitative estimate of drug-likeness (QED) is 0.403. The molecule has 1 fully saturated rings. The van der Waals surface area contributed by atoms with E-state index in [2.05, 4.69) is 15.6 Å². The zero-order chi connectivity index (χ0) is 18.6. The Labute approximate surface area is 158 Å². The summed E-state index contributed by atoms with van der Waals surface area (Å²) >= 11 is 0. The lowest BCUT2D eigenvalue weighted by Gasteiger charge is -2.21. The van der Waals surface area contributed by atoms with Crippen molar-refractivity contribution in [2.45, 2.75) is 71.3 Å². The molecule has 1 aromatic rings. The molecule has 2 N–H and O–H groups in total. The first kappa shape index (κ1) is 20.5. The van der Waals surface area contributed by atoms with Crippen molar-refractivity contribution in [1.82, 2.24) is 15.2 Å². The molecule has 1 aliphatic carbocycles. The maximum atomic E-state index is 11.8. The minimum absolute atomic E-state index is 0.0911. The van der Waals surface area contributed by atoms with Gasteiger partial charge in [0.1, 0.15) is 0 Å². The smallest absolute Gasteiger partial charge is 0.250 e. The number of rotatable bonds is 9. The van der Waals surface area contributed by atoms with Gasteiger partial charge in [0.2, 0.25) is 0 Å². The van der Waals surface area contributed by atoms with Crippen LogP contribution < -0.4 is 16.2 Å². The zero-order valence-electron chi connectivity index (χ0n) is 16.6. The summed E-state index contributed by atoms with van der Waals surface area (Å²) in [4.78, 5) is 16.1. The van der Waals surface area contributed by atoms with E-state index < -0.39 is 0 Å². The topological polar surface area (TPSA) is 58.4 Å². The van der Waals surface area contributed by atoms with Crippen molar-refractivity contribution in [3.63, 3.8) is 0 Å². The van der Waals surface area contributed by atoms with Crippen molar-refractivity contribution in [3.8, 4) is 0 Å². The third kappa shape index (κ3) is 7.22. The number of pyridine rings is 1. The molecule has 1 saturated carbocycles. The molecule has 0 unspecified atom stereocenters. The number of unbranched alkanes of at least 4 members (excludes halogenated alkanes) is 1. The lowest BCUT2D eigenvalue weighted by molar-refractivity contribution is 0.332. The predicted octanol–water partition coefficient (Wildman–Crippen LogP) is 3.46. The molecule has 0 bridgehead atoms. The monoisotopic (exact) mass is 360 g/mol. The first-order chi connectivity index (χ1) is 12.7. The van der Waals surface area contributed by atoms with Crippen LogP contribution in [-0.4, -0.2) is 30.7 Å². The summed E-state index contributed by atoms with van der Waals surface area (Å²) in [5.41, 5.74) is 1.12. The van der Waals surface area contributed by atoms with Crippen LogP contribution in [0.4, 0.5) is 0 Å². The minimum atomic E-state index is 0.0911. The second-order valence-electron chi connectivity index (χ2n) is 7.44. The Morgan fingerprint density at radius 3 is 2.54 bits per heavy atom. The van der Waals surface area contributed by atoms with Gasteiger partial charge < -0.3 is 15.2 Å². The van der Waals surface area contributed by atoms with Crippen LogP contribution in [0, 0.1) is 12.8 Å². The zero-order valence-corrected chi connectivity index (χ0v) is 16.6. The maximum absolute atomic E-state index is 11.8. The summed E-state index contributed by atoms with van der Waals surface area (Å²) in [6.07, 6.45) is 11.7. The van der Waals surface area contributed by atoms with E-state index in [9.17, 15) is 4.79 Å². The largest absolute Gasteiger partial charge is 0.356 e. The Bertz CT molecular complexity index is 602. The molecule has 2 rings (SSSR count). The molecule has 1 aliphatic rings. The fourth-order valence-electron chi connectivity index (χ4n) is 3.81. The van der Waals surface area contributed by atoms with Gasteiger partial charge in [-0.1, -0.05) is 38.2 Å². The SMILES string of the molecule is CN=C(NCCCCn1c(C)cccc1=O)NCCCC1CCCCC1. The van der Waals surface area contributed by atoms with Gasteiger partial charge in [-0.05, 0) is 44.6 Å². The summed E-state index contributed by atoms with van der Waals surface area (Å²) in [5.74, 6) is 1.84. The van der Waals surface area contributed by atoms with E-state index in [4.69, 9.17) is 0 Å². The Morgan fingerprint density at radius 2 is 1.85 bits per heavy atom. The van der Waals surface area contributed by atoms with Crippen LogP contribution in [0.15, 0.2) is 28.0 Å². The van der Waals surface area contributed by atoms with Gasteiger partial charge in [-0.3, -0.25) is 9.79 Å². The molecule has 0 radical (unpaired) electrons. The van der Waals surface area contributed by atoms with Crippen LogP contribution in [0.5, 0.6) is 0 Å². The van der Waals surface area contributed by atoms with E-state index in [0.717, 1.165) is 50.0 Å². The van der Waals surface area contributed by atoms with Gasteiger partial charge in [0, 0.05) is 38.4 Å². The van der Waals surface area contributed by atoms with E-state index >= 15 is 0 Å². The number of aromatic nitrogens is 1. The normalized spacial score (nSPS) is 15.8. The summed E-state index contributed by atoms with van der Waals surface area (Å²) < 4.78 is 1.85. The Morgan fingerprint density at radius 1 is 1.12 bits per heavy atom. The number of aryl methyl sites for hydroxylation is 1. The second-order valence-corrected chi connectivity index (χ2v) is 7.44. The van der Waals surface area contributed by atoms with E-state index in [1.54, 1.807) is 6.07 Å². The molecule has 0 amide bonds. The molecular formula is C21H36N4O. The van der Waals surface area contributed by atoms with Crippen LogP contribution in [0.2, 0.25) is 0 Å². The van der Waals surface area contributed by atoms with Gasteiger partial charge in [0.05, 0.1) is 0 Å². The van der Waals surface area contributed by atoms with Crippen LogP contribution in [0.3, 0.4) is 0 Å². The Hall–Kier alpha value is -1.78. The number of aliphatic imine (C=N–C) groups is 1. The number of hydrogen-bond acceptors (Lipinski definition) is 2. The third-order valence-corrected chi connectivity index (χ3v) is 5.40. The highest BCUT2D eigenvalue weighted by molar-refractivity contribution is 5.79. The molecule has 146 valence electrons. The number of nitrogens with zero attached hydrogens (tertiary/aromatic N) is 2. The van der Waals surface area contributed by atoms with Crippen LogP contribution in [0.1, 0.15) is 63.5 Å². The minimum Gasteiger partial charge on any atom is -0.356 e. The molecule has 0 aliphatic heterocycles. The van der Waals surface area contributed by atoms with Gasteiger partial charge in [-0.15, -0.1) is 0 Å². The number of hydrogen-bond donors (Lipinski definition) is 2. The lowest BCUT2D eigenvalue weighted by atomic mass is 9.86. The highest BCUT2D eigenvalue weighted by atomic mass is 16.1. The Kier molecular flexibility index (Phi) is 9.29. The van der Waals surface area contributed by atoms with E-state index in [1.807, 2.05) is 30.7 Å². The highest BCUT2D eigenvalue weighted by Gasteiger charge is 2.12. The van der Waals surface area contributed by atoms with Crippen molar-refractivity contribution in [3.05, 3.63) is 34.2 Å². The molecule has 5 nitrogen and oxygen atoms in total.